The minimum absolute atomic E-state index is 0.0662. The number of amides is 2. The van der Waals surface area contributed by atoms with Crippen molar-refractivity contribution < 1.29 is 29.0 Å². The number of aliphatic hydroxyl groups excluding tert-OH is 2. The molecule has 0 radical (unpaired) electrons. The lowest BCUT2D eigenvalue weighted by molar-refractivity contribution is -0.130. The normalized spacial score (nSPS) is 20.6. The van der Waals surface area contributed by atoms with Crippen molar-refractivity contribution in [3.05, 3.63) is 126 Å². The van der Waals surface area contributed by atoms with Crippen LogP contribution in [0.4, 0.5) is 5.69 Å². The summed E-state index contributed by atoms with van der Waals surface area (Å²) in [6.07, 6.45) is 2.21. The number of benzene rings is 3. The summed E-state index contributed by atoms with van der Waals surface area (Å²) >= 11 is 0. The zero-order chi connectivity index (χ0) is 37.0. The number of fused-ring (bicyclic) bond motifs is 2. The van der Waals surface area contributed by atoms with Gasteiger partial charge in [-0.3, -0.25) is 24.4 Å². The molecule has 276 valence electrons. The van der Waals surface area contributed by atoms with Crippen LogP contribution in [0.25, 0.3) is 11.0 Å². The fraction of sp³-hybridized carbons (Fsp3) is 0.357. The van der Waals surface area contributed by atoms with Gasteiger partial charge < -0.3 is 30.0 Å². The second kappa shape index (κ2) is 15.9. The van der Waals surface area contributed by atoms with Gasteiger partial charge in [0.2, 0.25) is 11.8 Å². The predicted molar refractivity (Wildman–Crippen MR) is 202 cm³/mol. The Bertz CT molecular complexity index is 1970. The molecule has 0 unspecified atom stereocenters. The molecule has 11 heteroatoms. The summed E-state index contributed by atoms with van der Waals surface area (Å²) in [6, 6.07) is 29.1. The maximum absolute atomic E-state index is 14.1. The first-order chi connectivity index (χ1) is 25.7. The zero-order valence-electron chi connectivity index (χ0n) is 30.1. The second-order valence-corrected chi connectivity index (χ2v) is 14.6. The average Bonchev–Trinajstić information content (AvgIpc) is 3.62. The van der Waals surface area contributed by atoms with Gasteiger partial charge >= 0.3 is 0 Å². The molecule has 0 bridgehead atoms. The summed E-state index contributed by atoms with van der Waals surface area (Å²) in [4.78, 5) is 36.6. The van der Waals surface area contributed by atoms with Gasteiger partial charge in [0.1, 0.15) is 35.8 Å². The number of furan rings is 1. The molecule has 5 atom stereocenters. The van der Waals surface area contributed by atoms with Gasteiger partial charge in [-0.05, 0) is 62.6 Å². The Hall–Kier alpha value is -5.07. The number of hydrogen-bond acceptors (Lipinski definition) is 9. The minimum Gasteiger partial charge on any atom is -0.490 e. The van der Waals surface area contributed by atoms with Crippen LogP contribution in [-0.4, -0.2) is 87.8 Å². The van der Waals surface area contributed by atoms with E-state index in [2.05, 4.69) is 34.4 Å². The van der Waals surface area contributed by atoms with E-state index < -0.39 is 35.7 Å². The first kappa shape index (κ1) is 36.3. The fourth-order valence-corrected chi connectivity index (χ4v) is 7.53. The first-order valence-corrected chi connectivity index (χ1v) is 18.3. The van der Waals surface area contributed by atoms with Crippen molar-refractivity contribution in [2.24, 2.45) is 5.92 Å². The van der Waals surface area contributed by atoms with Gasteiger partial charge in [0.15, 0.2) is 0 Å². The minimum atomic E-state index is -0.921. The SMILES string of the molecule is CC(C)(c1cc2cnccc2o1)N1CCN(C[C@@H](O)C[C@@H](Cc2ccccc2)C(=O)N[C@H]2c3ccccc3OC[C@H]2O)[C@H](C(=O)Nc2ccccc2)C1. The molecule has 3 aromatic carbocycles. The second-order valence-electron chi connectivity index (χ2n) is 14.6. The van der Waals surface area contributed by atoms with E-state index in [1.54, 1.807) is 12.4 Å². The van der Waals surface area contributed by atoms with E-state index in [4.69, 9.17) is 9.15 Å². The molecule has 4 N–H and O–H groups in total. The van der Waals surface area contributed by atoms with Crippen molar-refractivity contribution in [3.8, 4) is 5.75 Å². The van der Waals surface area contributed by atoms with Crippen LogP contribution < -0.4 is 15.4 Å². The van der Waals surface area contributed by atoms with Crippen LogP contribution >= 0.6 is 0 Å². The average molecular weight is 718 g/mol. The highest BCUT2D eigenvalue weighted by atomic mass is 16.5. The molecule has 0 aliphatic carbocycles. The van der Waals surface area contributed by atoms with Gasteiger partial charge in [-0.25, -0.2) is 0 Å². The van der Waals surface area contributed by atoms with Crippen molar-refractivity contribution in [1.29, 1.82) is 0 Å². The summed E-state index contributed by atoms with van der Waals surface area (Å²) in [5, 5.41) is 29.7. The first-order valence-electron chi connectivity index (χ1n) is 18.3. The number of aliphatic hydroxyl groups is 2. The number of pyridine rings is 1. The number of nitrogens with one attached hydrogen (secondary N) is 2. The number of nitrogens with zero attached hydrogens (tertiary/aromatic N) is 3. The molecular formula is C42H47N5O6. The number of ether oxygens (including phenoxy) is 1. The Kier molecular flexibility index (Phi) is 10.9. The molecule has 1 saturated heterocycles. The molecule has 11 nitrogen and oxygen atoms in total. The molecule has 0 saturated carbocycles. The number of hydrogen-bond donors (Lipinski definition) is 4. The van der Waals surface area contributed by atoms with Gasteiger partial charge in [-0.15, -0.1) is 0 Å². The lowest BCUT2D eigenvalue weighted by Crippen LogP contribution is -2.62. The summed E-state index contributed by atoms with van der Waals surface area (Å²) in [5.41, 5.74) is 2.58. The van der Waals surface area contributed by atoms with E-state index in [9.17, 15) is 19.8 Å². The van der Waals surface area contributed by atoms with Crippen molar-refractivity contribution in [1.82, 2.24) is 20.1 Å². The predicted octanol–water partition coefficient (Wildman–Crippen LogP) is 4.91. The van der Waals surface area contributed by atoms with E-state index >= 15 is 0 Å². The molecule has 2 amide bonds. The van der Waals surface area contributed by atoms with Crippen molar-refractivity contribution >= 4 is 28.5 Å². The highest BCUT2D eigenvalue weighted by Gasteiger charge is 2.41. The molecule has 53 heavy (non-hydrogen) atoms. The summed E-state index contributed by atoms with van der Waals surface area (Å²) in [5.74, 6) is 0.363. The van der Waals surface area contributed by atoms with E-state index in [0.29, 0.717) is 43.1 Å². The molecule has 0 spiro atoms. The number of piperazine rings is 1. The Labute approximate surface area is 309 Å². The molecule has 5 aromatic rings. The number of β-amino-alcohol motifs (C(OH)–C–C–N with tert-alkyl or cyclic N) is 1. The Balaban J connectivity index is 1.09. The lowest BCUT2D eigenvalue weighted by atomic mass is 9.90. The van der Waals surface area contributed by atoms with Crippen LogP contribution in [-0.2, 0) is 21.5 Å². The number of carbonyl (C=O) groups excluding carboxylic acids is 2. The summed E-state index contributed by atoms with van der Waals surface area (Å²) in [6.45, 7) is 5.97. The molecular weight excluding hydrogens is 670 g/mol. The maximum atomic E-state index is 14.1. The largest absolute Gasteiger partial charge is 0.490 e. The van der Waals surface area contributed by atoms with Crippen LogP contribution in [0.3, 0.4) is 0 Å². The van der Waals surface area contributed by atoms with Crippen LogP contribution in [0.5, 0.6) is 5.75 Å². The van der Waals surface area contributed by atoms with Gasteiger partial charge in [-0.1, -0.05) is 66.7 Å². The molecule has 2 aliphatic rings. The third kappa shape index (κ3) is 8.29. The molecule has 2 aromatic heterocycles. The number of anilines is 1. The highest BCUT2D eigenvalue weighted by Crippen LogP contribution is 2.35. The fourth-order valence-electron chi connectivity index (χ4n) is 7.53. The van der Waals surface area contributed by atoms with E-state index in [0.717, 1.165) is 22.3 Å². The highest BCUT2D eigenvalue weighted by molar-refractivity contribution is 5.95. The monoisotopic (exact) mass is 717 g/mol. The smallest absolute Gasteiger partial charge is 0.243 e. The zero-order valence-corrected chi connectivity index (χ0v) is 30.1. The van der Waals surface area contributed by atoms with Crippen molar-refractivity contribution in [3.63, 3.8) is 0 Å². The van der Waals surface area contributed by atoms with Crippen LogP contribution in [0, 0.1) is 5.92 Å². The number of aromatic nitrogens is 1. The summed E-state index contributed by atoms with van der Waals surface area (Å²) in [7, 11) is 0. The van der Waals surface area contributed by atoms with E-state index in [-0.39, 0.29) is 31.4 Å². The molecule has 2 aliphatic heterocycles. The van der Waals surface area contributed by atoms with Gasteiger partial charge in [0, 0.05) is 61.1 Å². The number of rotatable bonds is 12. The molecule has 7 rings (SSSR count). The quantitative estimate of drug-likeness (QED) is 0.142. The Morgan fingerprint density at radius 2 is 1.72 bits per heavy atom. The number of carbonyl (C=O) groups is 2. The van der Waals surface area contributed by atoms with Crippen molar-refractivity contribution in [2.45, 2.75) is 56.5 Å². The topological polar surface area (TPSA) is 140 Å². The van der Waals surface area contributed by atoms with E-state index in [1.807, 2.05) is 102 Å². The number of para-hydroxylation sites is 2. The third-order valence-electron chi connectivity index (χ3n) is 10.6. The van der Waals surface area contributed by atoms with Crippen molar-refractivity contribution in [2.75, 3.05) is 38.1 Å². The van der Waals surface area contributed by atoms with Gasteiger partial charge in [-0.2, -0.15) is 0 Å². The van der Waals surface area contributed by atoms with Gasteiger partial charge in [0.05, 0.1) is 17.7 Å². The molecule has 1 fully saturated rings. The Morgan fingerprint density at radius 1 is 0.981 bits per heavy atom. The summed E-state index contributed by atoms with van der Waals surface area (Å²) < 4.78 is 12.0. The third-order valence-corrected chi connectivity index (χ3v) is 10.6. The lowest BCUT2D eigenvalue weighted by Gasteiger charge is -2.47. The maximum Gasteiger partial charge on any atom is 0.243 e. The Morgan fingerprint density at radius 3 is 2.49 bits per heavy atom. The van der Waals surface area contributed by atoms with Crippen LogP contribution in [0.15, 0.2) is 114 Å². The van der Waals surface area contributed by atoms with E-state index in [1.165, 1.54) is 0 Å². The van der Waals surface area contributed by atoms with Crippen LogP contribution in [0.2, 0.25) is 0 Å². The molecule has 4 heterocycles. The standard InChI is InChI=1S/C42H47N5O6/c1-42(2,38-23-30-24-43-18-17-36(30)53-38)47-20-19-46(34(26-47)41(51)44-31-13-7-4-8-14-31)25-32(48)22-29(21-28-11-5-3-6-12-28)40(50)45-39-33-15-9-10-16-37(33)52-27-35(39)49/h3-18,23-24,29,32,34-35,39,48-49H,19-22,25-27H2,1-2H3,(H,44,51)(H,45,50)/t29-,32+,34+,35-,39+/m1/s1. The van der Waals surface area contributed by atoms with Crippen LogP contribution in [0.1, 0.15) is 43.2 Å². The van der Waals surface area contributed by atoms with Gasteiger partial charge in [0.25, 0.3) is 0 Å².